The average Bonchev–Trinajstić information content (AvgIpc) is 2.87. The van der Waals surface area contributed by atoms with E-state index in [4.69, 9.17) is 0 Å². The van der Waals surface area contributed by atoms with Crippen LogP contribution in [0.2, 0.25) is 0 Å². The fraction of sp³-hybridized carbons (Fsp3) is 0. The Morgan fingerprint density at radius 2 is 1.03 bits per heavy atom. The molecule has 0 saturated heterocycles. The van der Waals surface area contributed by atoms with Crippen LogP contribution in [0.15, 0.2) is 116 Å². The minimum atomic E-state index is 0. The number of rotatable bonds is 3. The second kappa shape index (κ2) is 11.7. The van der Waals surface area contributed by atoms with Gasteiger partial charge in [0.15, 0.2) is 0 Å². The van der Waals surface area contributed by atoms with Crippen LogP contribution >= 0.6 is 0 Å². The second-order valence-electron chi connectivity index (χ2n) is 6.41. The molecule has 0 unspecified atom stereocenters. The van der Waals surface area contributed by atoms with Gasteiger partial charge in [-0.15, -0.1) is 71.8 Å². The van der Waals surface area contributed by atoms with E-state index in [0.29, 0.717) is 0 Å². The maximum atomic E-state index is 4.38. The molecule has 0 fully saturated rings. The smallest absolute Gasteiger partial charge is 0.0695 e. The average molecular weight is 578 g/mol. The Morgan fingerprint density at radius 3 is 1.58 bits per heavy atom. The number of pyridine rings is 3. The molecule has 3 aromatic heterocycles. The van der Waals surface area contributed by atoms with E-state index in [1.807, 2.05) is 97.1 Å². The summed E-state index contributed by atoms with van der Waals surface area (Å²) in [6.07, 6.45) is 5.39. The summed E-state index contributed by atoms with van der Waals surface area (Å²) in [5.41, 5.74) is 5.94. The first kappa shape index (κ1) is 22.2. The number of hydrogen-bond donors (Lipinski definition) is 0. The van der Waals surface area contributed by atoms with Gasteiger partial charge in [0.25, 0.3) is 0 Å². The molecule has 31 heavy (non-hydrogen) atoms. The van der Waals surface area contributed by atoms with E-state index < -0.39 is 0 Å². The summed E-state index contributed by atoms with van der Waals surface area (Å²) < 4.78 is 0. The molecule has 0 aliphatic carbocycles. The molecule has 3 heterocycles. The summed E-state index contributed by atoms with van der Waals surface area (Å²) in [6, 6.07) is 37.7. The Kier molecular flexibility index (Phi) is 8.36. The predicted octanol–water partition coefficient (Wildman–Crippen LogP) is 6.16. The Hall–Kier alpha value is -3.46. The van der Waals surface area contributed by atoms with Crippen molar-refractivity contribution in [2.24, 2.45) is 0 Å². The van der Waals surface area contributed by atoms with Gasteiger partial charge < -0.3 is 9.97 Å². The van der Waals surface area contributed by atoms with Crippen molar-refractivity contribution < 1.29 is 20.1 Å². The molecule has 5 rings (SSSR count). The molecule has 4 heteroatoms. The van der Waals surface area contributed by atoms with Crippen LogP contribution in [0.3, 0.4) is 0 Å². The zero-order valence-electron chi connectivity index (χ0n) is 16.6. The Balaban J connectivity index is 0.000000183. The normalized spacial score (nSPS) is 9.68. The Morgan fingerprint density at radius 1 is 0.484 bits per heavy atom. The summed E-state index contributed by atoms with van der Waals surface area (Å²) >= 11 is 0. The summed E-state index contributed by atoms with van der Waals surface area (Å²) in [5.74, 6) is 0. The number of benzene rings is 2. The van der Waals surface area contributed by atoms with Crippen molar-refractivity contribution in [3.8, 4) is 33.8 Å². The van der Waals surface area contributed by atoms with E-state index in [9.17, 15) is 0 Å². The summed E-state index contributed by atoms with van der Waals surface area (Å²) in [4.78, 5) is 12.9. The van der Waals surface area contributed by atoms with Gasteiger partial charge in [-0.1, -0.05) is 24.3 Å². The van der Waals surface area contributed by atoms with E-state index in [1.54, 1.807) is 18.6 Å². The maximum Gasteiger partial charge on any atom is 0.0695 e. The number of aromatic nitrogens is 3. The first-order valence-corrected chi connectivity index (χ1v) is 9.63. The molecular formula is C27H19IrN3-2. The van der Waals surface area contributed by atoms with Crippen molar-refractivity contribution in [2.75, 3.05) is 0 Å². The fourth-order valence-corrected chi connectivity index (χ4v) is 2.90. The van der Waals surface area contributed by atoms with Crippen molar-refractivity contribution in [2.45, 2.75) is 0 Å². The van der Waals surface area contributed by atoms with Crippen LogP contribution in [0, 0.1) is 12.1 Å². The van der Waals surface area contributed by atoms with Crippen LogP contribution in [-0.2, 0) is 20.1 Å². The van der Waals surface area contributed by atoms with E-state index in [0.717, 1.165) is 33.8 Å². The van der Waals surface area contributed by atoms with Gasteiger partial charge in [-0.3, -0.25) is 4.98 Å². The molecule has 0 saturated carbocycles. The molecule has 0 aliphatic rings. The number of nitrogens with zero attached hydrogens (tertiary/aromatic N) is 3. The zero-order valence-corrected chi connectivity index (χ0v) is 19.0. The summed E-state index contributed by atoms with van der Waals surface area (Å²) in [7, 11) is 0. The molecule has 2 aromatic carbocycles. The summed E-state index contributed by atoms with van der Waals surface area (Å²) in [5, 5.41) is 0. The Bertz CT molecular complexity index is 1070. The van der Waals surface area contributed by atoms with Gasteiger partial charge in [0.1, 0.15) is 0 Å². The molecule has 5 aromatic rings. The zero-order chi connectivity index (χ0) is 20.4. The molecule has 0 aliphatic heterocycles. The quantitative estimate of drug-likeness (QED) is 0.241. The first-order chi connectivity index (χ1) is 14.9. The van der Waals surface area contributed by atoms with Crippen LogP contribution in [0.1, 0.15) is 0 Å². The minimum Gasteiger partial charge on any atom is -0.305 e. The molecule has 3 nitrogen and oxygen atoms in total. The van der Waals surface area contributed by atoms with E-state index in [2.05, 4.69) is 27.1 Å². The molecule has 0 atom stereocenters. The van der Waals surface area contributed by atoms with Crippen LogP contribution < -0.4 is 0 Å². The van der Waals surface area contributed by atoms with Gasteiger partial charge in [0.05, 0.1) is 5.69 Å². The topological polar surface area (TPSA) is 38.7 Å². The van der Waals surface area contributed by atoms with Gasteiger partial charge in [-0.2, -0.15) is 0 Å². The van der Waals surface area contributed by atoms with Gasteiger partial charge in [0, 0.05) is 38.7 Å². The van der Waals surface area contributed by atoms with E-state index in [1.165, 1.54) is 0 Å². The first-order valence-electron chi connectivity index (χ1n) is 9.63. The standard InChI is InChI=1S/C16H11N2.C11H8N.Ir/c1-2-6-13(7-3-1)16-12-14(9-11-18-16)15-8-4-5-10-17-15;1-2-6-10(7-3-1)11-8-4-5-9-12-11;/h1-6,8-12H;1-6,8-9H;/q2*-1;. The minimum absolute atomic E-state index is 0. The molecule has 0 amide bonds. The third kappa shape index (κ3) is 6.26. The van der Waals surface area contributed by atoms with Crippen molar-refractivity contribution in [1.29, 1.82) is 0 Å². The van der Waals surface area contributed by atoms with Crippen molar-refractivity contribution in [1.82, 2.24) is 15.0 Å². The molecule has 0 N–H and O–H groups in total. The molecule has 0 spiro atoms. The third-order valence-corrected chi connectivity index (χ3v) is 4.36. The monoisotopic (exact) mass is 578 g/mol. The van der Waals surface area contributed by atoms with Gasteiger partial charge in [0.2, 0.25) is 0 Å². The molecular weight excluding hydrogens is 559 g/mol. The van der Waals surface area contributed by atoms with Crippen LogP contribution in [0.5, 0.6) is 0 Å². The van der Waals surface area contributed by atoms with Gasteiger partial charge in [-0.05, 0) is 41.2 Å². The molecule has 0 bridgehead atoms. The summed E-state index contributed by atoms with van der Waals surface area (Å²) in [6.45, 7) is 0. The molecule has 153 valence electrons. The Labute approximate surface area is 196 Å². The molecule has 1 radical (unpaired) electrons. The van der Waals surface area contributed by atoms with E-state index in [-0.39, 0.29) is 20.1 Å². The van der Waals surface area contributed by atoms with Crippen LogP contribution in [-0.4, -0.2) is 15.0 Å². The fourth-order valence-electron chi connectivity index (χ4n) is 2.90. The van der Waals surface area contributed by atoms with Crippen LogP contribution in [0.4, 0.5) is 0 Å². The van der Waals surface area contributed by atoms with Crippen molar-refractivity contribution in [3.05, 3.63) is 128 Å². The maximum absolute atomic E-state index is 4.38. The van der Waals surface area contributed by atoms with Gasteiger partial charge >= 0.3 is 0 Å². The second-order valence-corrected chi connectivity index (χ2v) is 6.41. The number of hydrogen-bond acceptors (Lipinski definition) is 3. The largest absolute Gasteiger partial charge is 0.305 e. The van der Waals surface area contributed by atoms with Crippen molar-refractivity contribution >= 4 is 0 Å². The van der Waals surface area contributed by atoms with Gasteiger partial charge in [-0.25, -0.2) is 0 Å². The SMILES string of the molecule is [Ir].[c-]1ccccc1-c1cc(-c2ccccn2)ccn1.[c-]1ccccc1-c1ccccn1. The third-order valence-electron chi connectivity index (χ3n) is 4.36. The van der Waals surface area contributed by atoms with Crippen molar-refractivity contribution in [3.63, 3.8) is 0 Å². The predicted molar refractivity (Wildman–Crippen MR) is 120 cm³/mol. The van der Waals surface area contributed by atoms with E-state index >= 15 is 0 Å². The van der Waals surface area contributed by atoms with Crippen LogP contribution in [0.25, 0.3) is 33.8 Å².